The molecule has 0 unspecified atom stereocenters. The Morgan fingerprint density at radius 1 is 1.25 bits per heavy atom. The Morgan fingerprint density at radius 2 is 1.50 bits per heavy atom. The summed E-state index contributed by atoms with van der Waals surface area (Å²) < 4.78 is 8.88. The van der Waals surface area contributed by atoms with Crippen molar-refractivity contribution >= 4 is 7.82 Å². The minimum Gasteiger partial charge on any atom is -0.303 e. The van der Waals surface area contributed by atoms with Crippen LogP contribution in [0.15, 0.2) is 11.6 Å². The van der Waals surface area contributed by atoms with Crippen molar-refractivity contribution < 1.29 is 19.2 Å². The fourth-order valence-electron chi connectivity index (χ4n) is 0.658. The number of rotatable bonds is 2. The SMILES string of the molecule is CC=C(CC)CC.O=P(O)(O)O. The summed E-state index contributed by atoms with van der Waals surface area (Å²) >= 11 is 0. The molecule has 0 rings (SSSR count). The van der Waals surface area contributed by atoms with Crippen LogP contribution in [-0.2, 0) is 4.57 Å². The van der Waals surface area contributed by atoms with Crippen LogP contribution >= 0.6 is 7.82 Å². The molecule has 0 heterocycles. The van der Waals surface area contributed by atoms with Gasteiger partial charge < -0.3 is 14.7 Å². The van der Waals surface area contributed by atoms with E-state index in [-0.39, 0.29) is 0 Å². The molecule has 0 saturated heterocycles. The Kier molecular flexibility index (Phi) is 8.98. The van der Waals surface area contributed by atoms with Gasteiger partial charge in [-0.3, -0.25) is 0 Å². The van der Waals surface area contributed by atoms with Crippen molar-refractivity contribution in [3.63, 3.8) is 0 Å². The van der Waals surface area contributed by atoms with Crippen LogP contribution in [0.2, 0.25) is 0 Å². The third kappa shape index (κ3) is 22.5. The van der Waals surface area contributed by atoms with Crippen molar-refractivity contribution in [1.29, 1.82) is 0 Å². The van der Waals surface area contributed by atoms with Crippen molar-refractivity contribution in [1.82, 2.24) is 0 Å². The first kappa shape index (κ1) is 14.4. The van der Waals surface area contributed by atoms with Gasteiger partial charge in [0.1, 0.15) is 0 Å². The Labute approximate surface area is 73.2 Å². The summed E-state index contributed by atoms with van der Waals surface area (Å²) in [7, 11) is -4.64. The van der Waals surface area contributed by atoms with Gasteiger partial charge in [-0.2, -0.15) is 0 Å². The number of hydrogen-bond acceptors (Lipinski definition) is 1. The van der Waals surface area contributed by atoms with Gasteiger partial charge in [0.15, 0.2) is 0 Å². The topological polar surface area (TPSA) is 77.8 Å². The Balaban J connectivity index is 0. The second kappa shape index (κ2) is 7.50. The highest BCUT2D eigenvalue weighted by atomic mass is 31.2. The lowest BCUT2D eigenvalue weighted by atomic mass is 10.1. The van der Waals surface area contributed by atoms with E-state index in [0.717, 1.165) is 0 Å². The molecule has 3 N–H and O–H groups in total. The van der Waals surface area contributed by atoms with E-state index in [9.17, 15) is 0 Å². The van der Waals surface area contributed by atoms with Crippen LogP contribution in [0, 0.1) is 0 Å². The standard InChI is InChI=1S/C7H14.H3O4P/c1-4-7(5-2)6-3;1-5(2,3)4/h4H,5-6H2,1-3H3;(H3,1,2,3,4). The maximum absolute atomic E-state index is 8.88. The molecule has 0 atom stereocenters. The monoisotopic (exact) mass is 196 g/mol. The molecule has 0 bridgehead atoms. The molecule has 4 nitrogen and oxygen atoms in total. The lowest BCUT2D eigenvalue weighted by molar-refractivity contribution is 0.275. The predicted octanol–water partition coefficient (Wildman–Crippen LogP) is 1.82. The van der Waals surface area contributed by atoms with Gasteiger partial charge in [-0.15, -0.1) is 0 Å². The number of phosphoric acid groups is 1. The Hall–Kier alpha value is -0.150. The Bertz CT molecular complexity index is 156. The van der Waals surface area contributed by atoms with E-state index in [1.54, 1.807) is 5.57 Å². The lowest BCUT2D eigenvalue weighted by Crippen LogP contribution is -1.72. The van der Waals surface area contributed by atoms with Gasteiger partial charge in [-0.05, 0) is 19.8 Å². The normalized spacial score (nSPS) is 9.83. The average molecular weight is 196 g/mol. The summed E-state index contributed by atoms with van der Waals surface area (Å²) in [5.41, 5.74) is 1.56. The van der Waals surface area contributed by atoms with E-state index >= 15 is 0 Å². The molecule has 0 saturated carbocycles. The third-order valence-electron chi connectivity index (χ3n) is 1.32. The van der Waals surface area contributed by atoms with E-state index in [1.807, 2.05) is 0 Å². The highest BCUT2D eigenvalue weighted by molar-refractivity contribution is 7.45. The maximum Gasteiger partial charge on any atom is 0.466 e. The summed E-state index contributed by atoms with van der Waals surface area (Å²) in [6.45, 7) is 6.49. The molecule has 0 radical (unpaired) electrons. The molecule has 74 valence electrons. The lowest BCUT2D eigenvalue weighted by Gasteiger charge is -1.93. The number of hydrogen-bond donors (Lipinski definition) is 3. The molecule has 0 aliphatic rings. The van der Waals surface area contributed by atoms with Crippen molar-refractivity contribution in [2.24, 2.45) is 0 Å². The van der Waals surface area contributed by atoms with E-state index in [2.05, 4.69) is 26.8 Å². The van der Waals surface area contributed by atoms with Crippen LogP contribution in [-0.4, -0.2) is 14.7 Å². The molecule has 0 aromatic carbocycles. The molecule has 0 aromatic heterocycles. The van der Waals surface area contributed by atoms with Gasteiger partial charge in [0.25, 0.3) is 0 Å². The van der Waals surface area contributed by atoms with Gasteiger partial charge in [-0.1, -0.05) is 25.5 Å². The second-order valence-electron chi connectivity index (χ2n) is 2.17. The molecule has 0 fully saturated rings. The fraction of sp³-hybridized carbons (Fsp3) is 0.714. The van der Waals surface area contributed by atoms with Crippen molar-refractivity contribution in [3.05, 3.63) is 11.6 Å². The van der Waals surface area contributed by atoms with E-state index in [0.29, 0.717) is 0 Å². The quantitative estimate of drug-likeness (QED) is 0.465. The first-order valence-corrected chi connectivity index (χ1v) is 5.34. The smallest absolute Gasteiger partial charge is 0.303 e. The van der Waals surface area contributed by atoms with Crippen LogP contribution in [0.4, 0.5) is 0 Å². The molecule has 12 heavy (non-hydrogen) atoms. The molecule has 0 aromatic rings. The highest BCUT2D eigenvalue weighted by Crippen LogP contribution is 2.25. The van der Waals surface area contributed by atoms with E-state index in [4.69, 9.17) is 19.2 Å². The summed E-state index contributed by atoms with van der Waals surface area (Å²) in [6, 6.07) is 0. The molecule has 0 aliphatic heterocycles. The zero-order valence-electron chi connectivity index (χ0n) is 7.69. The van der Waals surface area contributed by atoms with Crippen LogP contribution < -0.4 is 0 Å². The molecule has 0 spiro atoms. The first-order chi connectivity index (χ1) is 5.35. The molecule has 0 aliphatic carbocycles. The zero-order valence-corrected chi connectivity index (χ0v) is 8.58. The second-order valence-corrected chi connectivity index (χ2v) is 3.19. The zero-order chi connectivity index (χ0) is 10.2. The molecular weight excluding hydrogens is 179 g/mol. The van der Waals surface area contributed by atoms with Crippen molar-refractivity contribution in [2.45, 2.75) is 33.6 Å². The number of allylic oxidation sites excluding steroid dienone is 2. The largest absolute Gasteiger partial charge is 0.466 e. The third-order valence-corrected chi connectivity index (χ3v) is 1.32. The van der Waals surface area contributed by atoms with Crippen LogP contribution in [0.5, 0.6) is 0 Å². The van der Waals surface area contributed by atoms with Gasteiger partial charge >= 0.3 is 7.82 Å². The van der Waals surface area contributed by atoms with Gasteiger partial charge in [0, 0.05) is 0 Å². The van der Waals surface area contributed by atoms with Crippen LogP contribution in [0.1, 0.15) is 33.6 Å². The minimum absolute atomic E-state index is 1.22. The summed E-state index contributed by atoms with van der Waals surface area (Å²) in [4.78, 5) is 21.6. The highest BCUT2D eigenvalue weighted by Gasteiger charge is 2.00. The van der Waals surface area contributed by atoms with Crippen molar-refractivity contribution in [2.75, 3.05) is 0 Å². The Morgan fingerprint density at radius 3 is 1.50 bits per heavy atom. The van der Waals surface area contributed by atoms with Gasteiger partial charge in [-0.25, -0.2) is 4.57 Å². The van der Waals surface area contributed by atoms with E-state index in [1.165, 1.54) is 12.8 Å². The predicted molar refractivity (Wildman–Crippen MR) is 48.6 cm³/mol. The van der Waals surface area contributed by atoms with Gasteiger partial charge in [0.05, 0.1) is 0 Å². The maximum atomic E-state index is 8.88. The molecular formula is C7H17O4P. The minimum atomic E-state index is -4.64. The fourth-order valence-corrected chi connectivity index (χ4v) is 0.658. The molecule has 0 amide bonds. The molecule has 5 heteroatoms. The van der Waals surface area contributed by atoms with Crippen molar-refractivity contribution in [3.8, 4) is 0 Å². The van der Waals surface area contributed by atoms with Gasteiger partial charge in [0.2, 0.25) is 0 Å². The van der Waals surface area contributed by atoms with Crippen LogP contribution in [0.3, 0.4) is 0 Å². The average Bonchev–Trinajstić information content (AvgIpc) is 1.88. The summed E-state index contributed by atoms with van der Waals surface area (Å²) in [5.74, 6) is 0. The first-order valence-electron chi connectivity index (χ1n) is 3.77. The van der Waals surface area contributed by atoms with Crippen LogP contribution in [0.25, 0.3) is 0 Å². The summed E-state index contributed by atoms with van der Waals surface area (Å²) in [5, 5.41) is 0. The van der Waals surface area contributed by atoms with E-state index < -0.39 is 7.82 Å². The summed E-state index contributed by atoms with van der Waals surface area (Å²) in [6.07, 6.45) is 4.62.